The van der Waals surface area contributed by atoms with Crippen molar-refractivity contribution in [1.82, 2.24) is 0 Å². The van der Waals surface area contributed by atoms with Crippen molar-refractivity contribution in [3.05, 3.63) is 0 Å². The van der Waals surface area contributed by atoms with E-state index < -0.39 is 30.2 Å². The SMILES string of the molecule is NCCCC[C@H](N)C(=O)OC(=O)OC(=O)[C@@H](N)CCCCN. The van der Waals surface area contributed by atoms with Gasteiger partial charge >= 0.3 is 18.1 Å². The van der Waals surface area contributed by atoms with E-state index in [0.29, 0.717) is 51.6 Å². The molecule has 0 rings (SSSR count). The number of unbranched alkanes of at least 4 members (excludes halogenated alkanes) is 2. The Balaban J connectivity index is 4.05. The molecule has 0 unspecified atom stereocenters. The van der Waals surface area contributed by atoms with E-state index >= 15 is 0 Å². The predicted octanol–water partition coefficient (Wildman–Crippen LogP) is -0.895. The summed E-state index contributed by atoms with van der Waals surface area (Å²) in [6.07, 6.45) is 1.92. The lowest BCUT2D eigenvalue weighted by Crippen LogP contribution is -2.37. The fourth-order valence-electron chi connectivity index (χ4n) is 1.59. The van der Waals surface area contributed by atoms with E-state index in [-0.39, 0.29) is 0 Å². The van der Waals surface area contributed by atoms with Gasteiger partial charge in [-0.15, -0.1) is 0 Å². The van der Waals surface area contributed by atoms with Gasteiger partial charge < -0.3 is 32.4 Å². The van der Waals surface area contributed by atoms with Crippen LogP contribution in [-0.4, -0.2) is 43.3 Å². The van der Waals surface area contributed by atoms with E-state index in [1.54, 1.807) is 0 Å². The zero-order chi connectivity index (χ0) is 17.0. The van der Waals surface area contributed by atoms with Crippen LogP contribution in [-0.2, 0) is 19.1 Å². The number of nitrogens with two attached hydrogens (primary N) is 4. The highest BCUT2D eigenvalue weighted by Gasteiger charge is 2.24. The van der Waals surface area contributed by atoms with Gasteiger partial charge in [-0.3, -0.25) is 0 Å². The van der Waals surface area contributed by atoms with Gasteiger partial charge in [0.2, 0.25) is 0 Å². The van der Waals surface area contributed by atoms with E-state index in [1.165, 1.54) is 0 Å². The molecule has 9 heteroatoms. The first-order valence-electron chi connectivity index (χ1n) is 7.31. The first kappa shape index (κ1) is 20.5. The summed E-state index contributed by atoms with van der Waals surface area (Å²) < 4.78 is 8.67. The Morgan fingerprint density at radius 2 is 1.09 bits per heavy atom. The van der Waals surface area contributed by atoms with Gasteiger partial charge in [-0.25, -0.2) is 14.4 Å². The maximum Gasteiger partial charge on any atom is 0.524 e. The van der Waals surface area contributed by atoms with Gasteiger partial charge in [-0.05, 0) is 38.8 Å². The Hall–Kier alpha value is -1.55. The van der Waals surface area contributed by atoms with Gasteiger partial charge in [0, 0.05) is 0 Å². The number of rotatable bonds is 10. The van der Waals surface area contributed by atoms with Crippen molar-refractivity contribution < 1.29 is 23.9 Å². The van der Waals surface area contributed by atoms with Crippen LogP contribution in [0.3, 0.4) is 0 Å². The molecule has 0 saturated heterocycles. The van der Waals surface area contributed by atoms with E-state index in [1.807, 2.05) is 0 Å². The Morgan fingerprint density at radius 3 is 1.41 bits per heavy atom. The molecule has 9 nitrogen and oxygen atoms in total. The number of esters is 2. The summed E-state index contributed by atoms with van der Waals surface area (Å²) in [6, 6.07) is -1.93. The minimum absolute atomic E-state index is 0.329. The second-order valence-corrected chi connectivity index (χ2v) is 4.87. The Morgan fingerprint density at radius 1 is 0.727 bits per heavy atom. The van der Waals surface area contributed by atoms with Gasteiger partial charge in [-0.1, -0.05) is 12.8 Å². The Bertz CT molecular complexity index is 332. The Labute approximate surface area is 129 Å². The van der Waals surface area contributed by atoms with Crippen molar-refractivity contribution >= 4 is 18.1 Å². The molecule has 22 heavy (non-hydrogen) atoms. The summed E-state index contributed by atoms with van der Waals surface area (Å²) in [7, 11) is 0. The third-order valence-electron chi connectivity index (χ3n) is 2.91. The molecule has 0 aliphatic rings. The lowest BCUT2D eigenvalue weighted by atomic mass is 10.1. The highest BCUT2D eigenvalue weighted by atomic mass is 16.8. The molecular formula is C13H26N4O5. The summed E-state index contributed by atoms with van der Waals surface area (Å²) in [5, 5.41) is 0. The Kier molecular flexibility index (Phi) is 11.2. The average molecular weight is 318 g/mol. The van der Waals surface area contributed by atoms with Gasteiger partial charge in [-0.2, -0.15) is 0 Å². The maximum absolute atomic E-state index is 11.5. The minimum Gasteiger partial charge on any atom is -0.359 e. The summed E-state index contributed by atoms with van der Waals surface area (Å²) in [6.45, 7) is 0.973. The number of carbonyl (C=O) groups excluding carboxylic acids is 3. The summed E-state index contributed by atoms with van der Waals surface area (Å²) in [4.78, 5) is 34.2. The van der Waals surface area contributed by atoms with Crippen molar-refractivity contribution in [2.75, 3.05) is 13.1 Å². The monoisotopic (exact) mass is 318 g/mol. The fraction of sp³-hybridized carbons (Fsp3) is 0.769. The summed E-state index contributed by atoms with van der Waals surface area (Å²) >= 11 is 0. The maximum atomic E-state index is 11.5. The van der Waals surface area contributed by atoms with E-state index in [9.17, 15) is 14.4 Å². The fourth-order valence-corrected chi connectivity index (χ4v) is 1.59. The highest BCUT2D eigenvalue weighted by Crippen LogP contribution is 2.03. The zero-order valence-corrected chi connectivity index (χ0v) is 12.7. The third kappa shape index (κ3) is 9.40. The van der Waals surface area contributed by atoms with Crippen LogP contribution in [0.2, 0.25) is 0 Å². The zero-order valence-electron chi connectivity index (χ0n) is 12.7. The van der Waals surface area contributed by atoms with Crippen LogP contribution >= 0.6 is 0 Å². The number of hydrogen-bond acceptors (Lipinski definition) is 9. The third-order valence-corrected chi connectivity index (χ3v) is 2.91. The van der Waals surface area contributed by atoms with Crippen LogP contribution in [0.1, 0.15) is 38.5 Å². The number of carbonyl (C=O) groups is 3. The van der Waals surface area contributed by atoms with E-state index in [4.69, 9.17) is 22.9 Å². The topological polar surface area (TPSA) is 174 Å². The smallest absolute Gasteiger partial charge is 0.359 e. The molecule has 0 aliphatic carbocycles. The quantitative estimate of drug-likeness (QED) is 0.226. The van der Waals surface area contributed by atoms with Crippen LogP contribution in [0.15, 0.2) is 0 Å². The molecule has 0 saturated carbocycles. The van der Waals surface area contributed by atoms with Crippen LogP contribution in [0.4, 0.5) is 4.79 Å². The average Bonchev–Trinajstić information content (AvgIpc) is 2.47. The normalized spacial score (nSPS) is 13.3. The van der Waals surface area contributed by atoms with Gasteiger partial charge in [0.15, 0.2) is 0 Å². The van der Waals surface area contributed by atoms with E-state index in [0.717, 1.165) is 0 Å². The molecular weight excluding hydrogens is 292 g/mol. The van der Waals surface area contributed by atoms with Crippen LogP contribution in [0.5, 0.6) is 0 Å². The first-order chi connectivity index (χ1) is 10.4. The summed E-state index contributed by atoms with van der Waals surface area (Å²) in [5.41, 5.74) is 21.7. The van der Waals surface area contributed by atoms with Crippen molar-refractivity contribution in [3.63, 3.8) is 0 Å². The van der Waals surface area contributed by atoms with E-state index in [2.05, 4.69) is 9.47 Å². The van der Waals surface area contributed by atoms with Gasteiger partial charge in [0.25, 0.3) is 0 Å². The molecule has 0 fully saturated rings. The van der Waals surface area contributed by atoms with Gasteiger partial charge in [0.1, 0.15) is 12.1 Å². The molecule has 8 N–H and O–H groups in total. The first-order valence-corrected chi connectivity index (χ1v) is 7.31. The van der Waals surface area contributed by atoms with Crippen LogP contribution in [0.25, 0.3) is 0 Å². The molecule has 0 aromatic heterocycles. The standard InChI is InChI=1S/C13H26N4O5/c14-7-3-1-5-9(16)11(18)21-13(20)22-12(19)10(17)6-2-4-8-15/h9-10H,1-8,14-17H2/t9-,10-/m0/s1. The molecule has 2 atom stereocenters. The lowest BCUT2D eigenvalue weighted by Gasteiger charge is -2.11. The number of ether oxygens (including phenoxy) is 2. The van der Waals surface area contributed by atoms with Crippen LogP contribution in [0, 0.1) is 0 Å². The molecule has 0 spiro atoms. The second kappa shape index (κ2) is 12.0. The van der Waals surface area contributed by atoms with Crippen LogP contribution < -0.4 is 22.9 Å². The molecule has 0 heterocycles. The number of hydrogen-bond donors (Lipinski definition) is 4. The molecule has 0 aromatic rings. The largest absolute Gasteiger partial charge is 0.524 e. The predicted molar refractivity (Wildman–Crippen MR) is 79.3 cm³/mol. The van der Waals surface area contributed by atoms with Gasteiger partial charge in [0.05, 0.1) is 0 Å². The highest BCUT2D eigenvalue weighted by molar-refractivity contribution is 5.91. The van der Waals surface area contributed by atoms with Crippen molar-refractivity contribution in [1.29, 1.82) is 0 Å². The van der Waals surface area contributed by atoms with Crippen molar-refractivity contribution in [3.8, 4) is 0 Å². The molecule has 0 bridgehead atoms. The molecule has 0 amide bonds. The summed E-state index contributed by atoms with van der Waals surface area (Å²) in [5.74, 6) is -1.90. The minimum atomic E-state index is -1.42. The van der Waals surface area contributed by atoms with Crippen molar-refractivity contribution in [2.45, 2.75) is 50.6 Å². The lowest BCUT2D eigenvalue weighted by molar-refractivity contribution is -0.148. The molecule has 0 radical (unpaired) electrons. The van der Waals surface area contributed by atoms with Crippen molar-refractivity contribution in [2.24, 2.45) is 22.9 Å². The molecule has 0 aromatic carbocycles. The molecule has 128 valence electrons. The second-order valence-electron chi connectivity index (χ2n) is 4.87. The molecule has 0 aliphatic heterocycles.